The Labute approximate surface area is 564 Å². The van der Waals surface area contributed by atoms with E-state index in [4.69, 9.17) is 9.47 Å². The van der Waals surface area contributed by atoms with Gasteiger partial charge in [-0.2, -0.15) is 0 Å². The van der Waals surface area contributed by atoms with E-state index in [0.29, 0.717) is 12.8 Å². The number of aliphatic hydroxyl groups is 1. The number of unbranched alkanes of at least 4 members (excludes halogenated alkanes) is 62. The Morgan fingerprint density at radius 3 is 0.722 bits per heavy atom. The molecular weight excluding hydrogens is 1100 g/mol. The van der Waals surface area contributed by atoms with Crippen molar-refractivity contribution in [2.75, 3.05) is 13.2 Å². The summed E-state index contributed by atoms with van der Waals surface area (Å²) in [4.78, 5) is 24.7. The molecule has 0 rings (SSSR count). The number of ether oxygens (including phenoxy) is 2. The standard InChI is InChI=1S/C85H160O5/c1-3-5-7-9-11-13-15-17-19-21-23-25-27-29-31-33-35-37-39-40-41-42-43-44-46-48-50-52-54-56-58-60-62-64-66-68-70-72-74-76-78-80-85(88)90-83(81-86)82-89-84(87)79-77-75-73-71-69-67-65-63-61-59-57-55-53-51-49-47-45-38-36-34-32-30-28-26-24-22-20-18-16-14-12-10-8-6-4-2/h5,7,11,13,17,19,23,25,83,86H,3-4,6,8-10,12,14-16,18,20-22,24,26-82H2,1-2H3/b7-5-,13-11-,19-17-,25-23-. The molecule has 0 aromatic carbocycles. The first-order chi connectivity index (χ1) is 44.6. The molecule has 0 aliphatic heterocycles. The molecule has 0 aliphatic carbocycles. The van der Waals surface area contributed by atoms with Crippen LogP contribution in [0.15, 0.2) is 48.6 Å². The van der Waals surface area contributed by atoms with Crippen LogP contribution >= 0.6 is 0 Å². The van der Waals surface area contributed by atoms with Gasteiger partial charge in [0.2, 0.25) is 0 Å². The summed E-state index contributed by atoms with van der Waals surface area (Å²) < 4.78 is 10.8. The van der Waals surface area contributed by atoms with Gasteiger partial charge in [-0.25, -0.2) is 0 Å². The smallest absolute Gasteiger partial charge is 0.306 e. The molecule has 0 radical (unpaired) electrons. The van der Waals surface area contributed by atoms with Crippen molar-refractivity contribution in [2.24, 2.45) is 0 Å². The second-order valence-corrected chi connectivity index (χ2v) is 28.2. The summed E-state index contributed by atoms with van der Waals surface area (Å²) in [5, 5.41) is 9.73. The molecule has 530 valence electrons. The number of allylic oxidation sites excluding steroid dienone is 8. The molecule has 1 atom stereocenters. The Morgan fingerprint density at radius 2 is 0.478 bits per heavy atom. The van der Waals surface area contributed by atoms with Gasteiger partial charge in [0.1, 0.15) is 6.61 Å². The third kappa shape index (κ3) is 78.3. The minimum absolute atomic E-state index is 0.0576. The number of carbonyl (C=O) groups excluding carboxylic acids is 2. The van der Waals surface area contributed by atoms with Crippen LogP contribution in [0.4, 0.5) is 0 Å². The molecule has 5 nitrogen and oxygen atoms in total. The van der Waals surface area contributed by atoms with Crippen molar-refractivity contribution >= 4 is 11.9 Å². The highest BCUT2D eigenvalue weighted by molar-refractivity contribution is 5.70. The molecule has 0 amide bonds. The van der Waals surface area contributed by atoms with Gasteiger partial charge in [-0.3, -0.25) is 9.59 Å². The van der Waals surface area contributed by atoms with Gasteiger partial charge in [-0.05, 0) is 51.4 Å². The lowest BCUT2D eigenvalue weighted by Gasteiger charge is -2.15. The van der Waals surface area contributed by atoms with E-state index in [0.717, 1.165) is 57.8 Å². The molecular formula is C85H160O5. The molecule has 0 aromatic rings. The first kappa shape index (κ1) is 87.9. The maximum atomic E-state index is 12.4. The van der Waals surface area contributed by atoms with Gasteiger partial charge < -0.3 is 14.6 Å². The number of hydrogen-bond donors (Lipinski definition) is 1. The fourth-order valence-corrected chi connectivity index (χ4v) is 13.0. The Kier molecular flexibility index (Phi) is 79.2. The summed E-state index contributed by atoms with van der Waals surface area (Å²) >= 11 is 0. The monoisotopic (exact) mass is 1260 g/mol. The van der Waals surface area contributed by atoms with Crippen molar-refractivity contribution in [3.63, 3.8) is 0 Å². The highest BCUT2D eigenvalue weighted by atomic mass is 16.6. The van der Waals surface area contributed by atoms with E-state index in [2.05, 4.69) is 62.5 Å². The number of esters is 2. The normalized spacial score (nSPS) is 12.3. The van der Waals surface area contributed by atoms with E-state index >= 15 is 0 Å². The summed E-state index contributed by atoms with van der Waals surface area (Å²) in [6.45, 7) is 4.10. The molecule has 0 aromatic heterocycles. The van der Waals surface area contributed by atoms with Gasteiger partial charge in [0, 0.05) is 12.8 Å². The lowest BCUT2D eigenvalue weighted by Crippen LogP contribution is -2.28. The number of carbonyl (C=O) groups is 2. The van der Waals surface area contributed by atoms with Crippen molar-refractivity contribution in [1.29, 1.82) is 0 Å². The van der Waals surface area contributed by atoms with Gasteiger partial charge in [0.05, 0.1) is 6.61 Å². The zero-order valence-corrected chi connectivity index (χ0v) is 61.2. The fraction of sp³-hybridized carbons (Fsp3) is 0.882. The van der Waals surface area contributed by atoms with Crippen molar-refractivity contribution in [2.45, 2.75) is 469 Å². The van der Waals surface area contributed by atoms with Crippen LogP contribution in [0.25, 0.3) is 0 Å². The SMILES string of the molecule is CC/C=C\C/C=C\C/C=C\C/C=C\CCCCCCCCCCCCCCCCCCCCCCCCCCCCCCC(=O)OC(CO)COC(=O)CCCCCCCCCCCCCCCCCCCCCCCCCCCCCCCCCCCCC. The number of rotatable bonds is 78. The van der Waals surface area contributed by atoms with Gasteiger partial charge >= 0.3 is 11.9 Å². The Morgan fingerprint density at radius 1 is 0.267 bits per heavy atom. The van der Waals surface area contributed by atoms with E-state index in [9.17, 15) is 14.7 Å². The van der Waals surface area contributed by atoms with Crippen LogP contribution in [-0.2, 0) is 19.1 Å². The highest BCUT2D eigenvalue weighted by Crippen LogP contribution is 2.21. The van der Waals surface area contributed by atoms with E-state index in [1.807, 2.05) is 0 Å². The molecule has 0 fully saturated rings. The topological polar surface area (TPSA) is 72.8 Å². The molecule has 1 unspecified atom stereocenters. The molecule has 0 saturated heterocycles. The second kappa shape index (κ2) is 81.1. The molecule has 90 heavy (non-hydrogen) atoms. The van der Waals surface area contributed by atoms with Crippen molar-refractivity contribution < 1.29 is 24.2 Å². The van der Waals surface area contributed by atoms with Crippen LogP contribution in [0.5, 0.6) is 0 Å². The van der Waals surface area contributed by atoms with Crippen molar-refractivity contribution in [1.82, 2.24) is 0 Å². The predicted molar refractivity (Wildman–Crippen MR) is 399 cm³/mol. The van der Waals surface area contributed by atoms with Gasteiger partial charge in [-0.15, -0.1) is 0 Å². The Bertz CT molecular complexity index is 1480. The molecule has 0 saturated carbocycles. The number of hydrogen-bond acceptors (Lipinski definition) is 5. The maximum absolute atomic E-state index is 12.4. The van der Waals surface area contributed by atoms with Crippen molar-refractivity contribution in [3.05, 3.63) is 48.6 Å². The Hall–Kier alpha value is -2.14. The van der Waals surface area contributed by atoms with Gasteiger partial charge in [-0.1, -0.05) is 448 Å². The third-order valence-electron chi connectivity index (χ3n) is 19.1. The first-order valence-corrected chi connectivity index (χ1v) is 41.2. The summed E-state index contributed by atoms with van der Waals surface area (Å²) in [7, 11) is 0. The molecule has 0 bridgehead atoms. The maximum Gasteiger partial charge on any atom is 0.306 e. The van der Waals surface area contributed by atoms with Crippen LogP contribution in [0.3, 0.4) is 0 Å². The summed E-state index contributed by atoms with van der Waals surface area (Å²) in [6, 6.07) is 0. The zero-order chi connectivity index (χ0) is 64.7. The van der Waals surface area contributed by atoms with Crippen LogP contribution in [-0.4, -0.2) is 36.4 Å². The lowest BCUT2D eigenvalue weighted by atomic mass is 10.0. The average molecular weight is 1260 g/mol. The highest BCUT2D eigenvalue weighted by Gasteiger charge is 2.16. The lowest BCUT2D eigenvalue weighted by molar-refractivity contribution is -0.161. The molecule has 0 heterocycles. The quantitative estimate of drug-likeness (QED) is 0.0373. The van der Waals surface area contributed by atoms with E-state index in [1.165, 1.54) is 379 Å². The van der Waals surface area contributed by atoms with Crippen LogP contribution in [0, 0.1) is 0 Å². The summed E-state index contributed by atoms with van der Waals surface area (Å²) in [6.07, 6.45) is 111. The minimum atomic E-state index is -0.769. The fourth-order valence-electron chi connectivity index (χ4n) is 13.0. The Balaban J connectivity index is 3.34. The van der Waals surface area contributed by atoms with Crippen LogP contribution < -0.4 is 0 Å². The molecule has 0 aliphatic rings. The zero-order valence-electron chi connectivity index (χ0n) is 61.2. The van der Waals surface area contributed by atoms with E-state index < -0.39 is 6.10 Å². The van der Waals surface area contributed by atoms with E-state index in [-0.39, 0.29) is 25.2 Å². The average Bonchev–Trinajstić information content (AvgIpc) is 3.60. The van der Waals surface area contributed by atoms with Gasteiger partial charge in [0.25, 0.3) is 0 Å². The van der Waals surface area contributed by atoms with Gasteiger partial charge in [0.15, 0.2) is 6.10 Å². The van der Waals surface area contributed by atoms with Crippen molar-refractivity contribution in [3.8, 4) is 0 Å². The van der Waals surface area contributed by atoms with Crippen LogP contribution in [0.2, 0.25) is 0 Å². The molecule has 1 N–H and O–H groups in total. The molecule has 5 heteroatoms. The summed E-state index contributed by atoms with van der Waals surface area (Å²) in [5.41, 5.74) is 0. The largest absolute Gasteiger partial charge is 0.462 e. The summed E-state index contributed by atoms with van der Waals surface area (Å²) in [5.74, 6) is -0.560. The first-order valence-electron chi connectivity index (χ1n) is 41.2. The predicted octanol–water partition coefficient (Wildman–Crippen LogP) is 29.0. The van der Waals surface area contributed by atoms with E-state index in [1.54, 1.807) is 0 Å². The third-order valence-corrected chi connectivity index (χ3v) is 19.1. The molecule has 0 spiro atoms. The number of aliphatic hydroxyl groups excluding tert-OH is 1. The second-order valence-electron chi connectivity index (χ2n) is 28.2. The van der Waals surface area contributed by atoms with Crippen LogP contribution in [0.1, 0.15) is 463 Å². The minimum Gasteiger partial charge on any atom is -0.462 e.